The monoisotopic (exact) mass is 460 g/mol. The van der Waals surface area contributed by atoms with Crippen LogP contribution in [0.15, 0.2) is 47.3 Å². The molecule has 0 N–H and O–H groups in total. The van der Waals surface area contributed by atoms with Gasteiger partial charge in [-0.3, -0.25) is 13.9 Å². The third-order valence-corrected chi connectivity index (χ3v) is 6.04. The minimum atomic E-state index is -2.70. The molecular formula is C25H27F3N2O3. The average Bonchev–Trinajstić information content (AvgIpc) is 2.96. The molecule has 8 heteroatoms. The zero-order valence-corrected chi connectivity index (χ0v) is 19.1. The number of hydrogen-bond donors (Lipinski definition) is 0. The fraction of sp³-hybridized carbons (Fsp3) is 0.440. The van der Waals surface area contributed by atoms with E-state index in [1.807, 2.05) is 13.8 Å². The maximum Gasteiger partial charge on any atom is 0.333 e. The first kappa shape index (κ1) is 23.1. The second-order valence-corrected chi connectivity index (χ2v) is 9.56. The molecule has 0 amide bonds. The molecule has 0 spiro atoms. The maximum absolute atomic E-state index is 13.4. The second-order valence-electron chi connectivity index (χ2n) is 9.56. The van der Waals surface area contributed by atoms with Gasteiger partial charge in [0.25, 0.3) is 0 Å². The van der Waals surface area contributed by atoms with Crippen LogP contribution in [-0.4, -0.2) is 27.2 Å². The van der Waals surface area contributed by atoms with E-state index in [1.54, 1.807) is 54.0 Å². The van der Waals surface area contributed by atoms with Gasteiger partial charge in [0.05, 0.1) is 16.7 Å². The Morgan fingerprint density at radius 1 is 1.09 bits per heavy atom. The molecule has 5 nitrogen and oxygen atoms in total. The summed E-state index contributed by atoms with van der Waals surface area (Å²) >= 11 is 0. The zero-order chi connectivity index (χ0) is 24.1. The fourth-order valence-corrected chi connectivity index (χ4v) is 4.84. The third kappa shape index (κ3) is 4.43. The van der Waals surface area contributed by atoms with Crippen molar-refractivity contribution < 1.29 is 22.7 Å². The number of ketones is 1. The molecule has 2 aromatic carbocycles. The molecule has 1 aliphatic carbocycles. The van der Waals surface area contributed by atoms with Crippen LogP contribution in [0.3, 0.4) is 0 Å². The lowest BCUT2D eigenvalue weighted by atomic mass is 9.64. The van der Waals surface area contributed by atoms with Gasteiger partial charge in [0.1, 0.15) is 5.75 Å². The molecule has 33 heavy (non-hydrogen) atoms. The lowest BCUT2D eigenvalue weighted by Gasteiger charge is -2.44. The van der Waals surface area contributed by atoms with Crippen LogP contribution in [0.1, 0.15) is 63.4 Å². The number of fused-ring (bicyclic) bond motifs is 1. The Hall–Kier alpha value is -3.03. The lowest BCUT2D eigenvalue weighted by Crippen LogP contribution is -2.45. The van der Waals surface area contributed by atoms with E-state index in [0.29, 0.717) is 22.3 Å². The SMILES string of the molecule is CC(F)Oc1cccc(-n2c(=O)n(C(C)C)c3cc(C(=O)CC4(C)CC(F)(F)C4)ccc32)c1. The number of Topliss-reactive ketones (excluding diaryl/α,β-unsaturated/α-hetero) is 1. The van der Waals surface area contributed by atoms with Crippen LogP contribution in [0.2, 0.25) is 0 Å². The average molecular weight is 460 g/mol. The minimum absolute atomic E-state index is 0.0293. The van der Waals surface area contributed by atoms with E-state index in [0.717, 1.165) is 0 Å². The Labute approximate surface area is 189 Å². The van der Waals surface area contributed by atoms with Gasteiger partial charge < -0.3 is 4.74 Å². The summed E-state index contributed by atoms with van der Waals surface area (Å²) in [6.07, 6.45) is -2.06. The van der Waals surface area contributed by atoms with Crippen molar-refractivity contribution in [2.24, 2.45) is 5.41 Å². The number of ether oxygens (including phenoxy) is 1. The first-order valence-electron chi connectivity index (χ1n) is 11.0. The van der Waals surface area contributed by atoms with Crippen LogP contribution in [0.4, 0.5) is 13.2 Å². The molecule has 4 rings (SSSR count). The molecule has 3 aromatic rings. The number of alkyl halides is 3. The van der Waals surface area contributed by atoms with Gasteiger partial charge in [-0.1, -0.05) is 13.0 Å². The van der Waals surface area contributed by atoms with Crippen LogP contribution >= 0.6 is 0 Å². The van der Waals surface area contributed by atoms with Crippen LogP contribution in [-0.2, 0) is 0 Å². The van der Waals surface area contributed by atoms with E-state index >= 15 is 0 Å². The molecule has 1 aromatic heterocycles. The summed E-state index contributed by atoms with van der Waals surface area (Å²) in [7, 11) is 0. The number of carbonyl (C=O) groups excluding carboxylic acids is 1. The van der Waals surface area contributed by atoms with Crippen molar-refractivity contribution in [3.8, 4) is 11.4 Å². The first-order chi connectivity index (χ1) is 15.4. The highest BCUT2D eigenvalue weighted by molar-refractivity contribution is 5.99. The van der Waals surface area contributed by atoms with Crippen molar-refractivity contribution in [1.29, 1.82) is 0 Å². The van der Waals surface area contributed by atoms with Gasteiger partial charge >= 0.3 is 5.69 Å². The Morgan fingerprint density at radius 2 is 1.79 bits per heavy atom. The number of benzene rings is 2. The summed E-state index contributed by atoms with van der Waals surface area (Å²) in [4.78, 5) is 26.3. The third-order valence-electron chi connectivity index (χ3n) is 6.04. The Bertz CT molecular complexity index is 1270. The molecule has 1 aliphatic rings. The normalized spacial score (nSPS) is 17.7. The fourth-order valence-electron chi connectivity index (χ4n) is 4.84. The number of aromatic nitrogens is 2. The molecular weight excluding hydrogens is 433 g/mol. The summed E-state index contributed by atoms with van der Waals surface area (Å²) in [6, 6.07) is 11.3. The van der Waals surface area contributed by atoms with Gasteiger partial charge in [0.2, 0.25) is 12.3 Å². The first-order valence-corrected chi connectivity index (χ1v) is 11.0. The van der Waals surface area contributed by atoms with Gasteiger partial charge in [-0.2, -0.15) is 0 Å². The number of carbonyl (C=O) groups is 1. The second kappa shape index (κ2) is 8.08. The number of imidazole rings is 1. The number of nitrogens with zero attached hydrogens (tertiary/aromatic N) is 2. The Balaban J connectivity index is 1.76. The molecule has 1 fully saturated rings. The summed E-state index contributed by atoms with van der Waals surface area (Å²) in [5, 5.41) is 0. The molecule has 0 aliphatic heterocycles. The lowest BCUT2D eigenvalue weighted by molar-refractivity contribution is -0.152. The van der Waals surface area contributed by atoms with Gasteiger partial charge in [-0.25, -0.2) is 18.0 Å². The van der Waals surface area contributed by atoms with Gasteiger partial charge in [-0.15, -0.1) is 0 Å². The topological polar surface area (TPSA) is 53.2 Å². The Kier molecular flexibility index (Phi) is 5.66. The molecule has 1 heterocycles. The molecule has 176 valence electrons. The zero-order valence-electron chi connectivity index (χ0n) is 19.1. The van der Waals surface area contributed by atoms with Crippen molar-refractivity contribution in [2.75, 3.05) is 0 Å². The largest absolute Gasteiger partial charge is 0.461 e. The highest BCUT2D eigenvalue weighted by Crippen LogP contribution is 2.54. The van der Waals surface area contributed by atoms with Crippen LogP contribution in [0.5, 0.6) is 5.75 Å². The van der Waals surface area contributed by atoms with Crippen molar-refractivity contribution >= 4 is 16.8 Å². The van der Waals surface area contributed by atoms with Gasteiger partial charge in [-0.05, 0) is 49.6 Å². The predicted molar refractivity (Wildman–Crippen MR) is 120 cm³/mol. The highest BCUT2D eigenvalue weighted by Gasteiger charge is 2.54. The molecule has 0 bridgehead atoms. The van der Waals surface area contributed by atoms with Crippen LogP contribution in [0.25, 0.3) is 16.7 Å². The van der Waals surface area contributed by atoms with E-state index in [-0.39, 0.29) is 42.5 Å². The van der Waals surface area contributed by atoms with Gasteiger partial charge in [0, 0.05) is 43.9 Å². The quantitative estimate of drug-likeness (QED) is 0.402. The summed E-state index contributed by atoms with van der Waals surface area (Å²) < 4.78 is 48.2. The van der Waals surface area contributed by atoms with E-state index in [2.05, 4.69) is 0 Å². The molecule has 1 saturated carbocycles. The van der Waals surface area contributed by atoms with Gasteiger partial charge in [0.15, 0.2) is 5.78 Å². The molecule has 1 unspecified atom stereocenters. The van der Waals surface area contributed by atoms with Crippen molar-refractivity contribution in [1.82, 2.24) is 9.13 Å². The van der Waals surface area contributed by atoms with E-state index in [4.69, 9.17) is 4.74 Å². The standard InChI is InChI=1S/C25H27F3N2O3/c1-15(2)29-21-10-17(22(31)12-24(4)13-25(27,28)14-24)8-9-20(21)30(23(29)32)18-6-5-7-19(11-18)33-16(3)26/h5-11,15-16H,12-14H2,1-4H3. The maximum atomic E-state index is 13.4. The minimum Gasteiger partial charge on any atom is -0.461 e. The van der Waals surface area contributed by atoms with E-state index < -0.39 is 17.7 Å². The highest BCUT2D eigenvalue weighted by atomic mass is 19.3. The van der Waals surface area contributed by atoms with Crippen LogP contribution in [0, 0.1) is 5.41 Å². The van der Waals surface area contributed by atoms with Crippen molar-refractivity contribution in [3.63, 3.8) is 0 Å². The molecule has 1 atom stereocenters. The number of rotatable bonds is 7. The summed E-state index contributed by atoms with van der Waals surface area (Å²) in [6.45, 7) is 6.70. The molecule has 0 radical (unpaired) electrons. The van der Waals surface area contributed by atoms with E-state index in [1.165, 1.54) is 11.5 Å². The number of halogens is 3. The Morgan fingerprint density at radius 3 is 2.39 bits per heavy atom. The van der Waals surface area contributed by atoms with Crippen molar-refractivity contribution in [2.45, 2.75) is 65.3 Å². The number of hydrogen-bond acceptors (Lipinski definition) is 3. The van der Waals surface area contributed by atoms with Crippen molar-refractivity contribution in [3.05, 3.63) is 58.5 Å². The molecule has 0 saturated heterocycles. The predicted octanol–water partition coefficient (Wildman–Crippen LogP) is 6.08. The van der Waals surface area contributed by atoms with E-state index in [9.17, 15) is 22.8 Å². The smallest absolute Gasteiger partial charge is 0.333 e. The van der Waals surface area contributed by atoms with Crippen LogP contribution < -0.4 is 10.4 Å². The summed E-state index contributed by atoms with van der Waals surface area (Å²) in [5.74, 6) is -2.64. The summed E-state index contributed by atoms with van der Waals surface area (Å²) in [5.41, 5.74) is 1.01.